The smallest absolute Gasteiger partial charge is 0.256 e. The minimum absolute atomic E-state index is 0.184. The van der Waals surface area contributed by atoms with Gasteiger partial charge in [0.1, 0.15) is 5.82 Å². The molecule has 4 heterocycles. The molecule has 1 aliphatic heterocycles. The molecule has 0 atom stereocenters. The second-order valence-corrected chi connectivity index (χ2v) is 9.57. The predicted molar refractivity (Wildman–Crippen MR) is 127 cm³/mol. The second-order valence-electron chi connectivity index (χ2n) is 9.57. The third-order valence-electron chi connectivity index (χ3n) is 5.64. The fourth-order valence-corrected chi connectivity index (χ4v) is 3.89. The summed E-state index contributed by atoms with van der Waals surface area (Å²) in [6, 6.07) is 5.72. The number of amides is 1. The minimum Gasteiger partial charge on any atom is -0.378 e. The first-order valence-electron chi connectivity index (χ1n) is 11.2. The number of nitrogens with zero attached hydrogens (tertiary/aromatic N) is 5. The molecule has 1 saturated heterocycles. The maximum atomic E-state index is 13.4. The van der Waals surface area contributed by atoms with Gasteiger partial charge in [0, 0.05) is 18.8 Å². The highest BCUT2D eigenvalue weighted by molar-refractivity contribution is 6.12. The first-order valence-corrected chi connectivity index (χ1v) is 11.2. The monoisotopic (exact) mass is 436 g/mol. The Hall–Kier alpha value is -3.00. The number of rotatable bonds is 4. The number of carbonyl (C=O) groups excluding carboxylic acids is 1. The van der Waals surface area contributed by atoms with Crippen LogP contribution in [0.4, 0.5) is 11.5 Å². The maximum Gasteiger partial charge on any atom is 0.256 e. The van der Waals surface area contributed by atoms with E-state index in [1.807, 2.05) is 29.8 Å². The van der Waals surface area contributed by atoms with Crippen molar-refractivity contribution >= 4 is 28.4 Å². The van der Waals surface area contributed by atoms with Crippen molar-refractivity contribution in [3.63, 3.8) is 0 Å². The van der Waals surface area contributed by atoms with Crippen molar-refractivity contribution in [1.29, 1.82) is 0 Å². The van der Waals surface area contributed by atoms with E-state index in [0.29, 0.717) is 24.5 Å². The number of nitrogens with one attached hydrogen (secondary N) is 1. The lowest BCUT2D eigenvalue weighted by Gasteiger charge is -2.27. The van der Waals surface area contributed by atoms with Gasteiger partial charge >= 0.3 is 0 Å². The van der Waals surface area contributed by atoms with E-state index in [4.69, 9.17) is 14.8 Å². The summed E-state index contributed by atoms with van der Waals surface area (Å²) < 4.78 is 7.32. The Bertz CT molecular complexity index is 1120. The zero-order valence-electron chi connectivity index (χ0n) is 19.8. The third kappa shape index (κ3) is 4.32. The fourth-order valence-electron chi connectivity index (χ4n) is 3.89. The molecule has 170 valence electrons. The van der Waals surface area contributed by atoms with Gasteiger partial charge in [0.2, 0.25) is 0 Å². The molecule has 1 N–H and O–H groups in total. The number of morpholine rings is 1. The Kier molecular flexibility index (Phi) is 5.90. The number of hydrogen-bond donors (Lipinski definition) is 1. The maximum absolute atomic E-state index is 13.4. The van der Waals surface area contributed by atoms with Gasteiger partial charge < -0.3 is 15.0 Å². The first-order chi connectivity index (χ1) is 15.1. The van der Waals surface area contributed by atoms with Gasteiger partial charge in [-0.3, -0.25) is 4.79 Å². The fraction of sp³-hybridized carbons (Fsp3) is 0.500. The molecule has 3 aromatic rings. The predicted octanol–water partition coefficient (Wildman–Crippen LogP) is 4.10. The molecule has 1 fully saturated rings. The van der Waals surface area contributed by atoms with Crippen molar-refractivity contribution < 1.29 is 9.53 Å². The third-order valence-corrected chi connectivity index (χ3v) is 5.64. The van der Waals surface area contributed by atoms with E-state index in [0.717, 1.165) is 41.3 Å². The molecular weight excluding hydrogens is 404 g/mol. The van der Waals surface area contributed by atoms with E-state index in [2.05, 4.69) is 49.8 Å². The summed E-state index contributed by atoms with van der Waals surface area (Å²) in [5, 5.41) is 8.52. The zero-order chi connectivity index (χ0) is 23.0. The number of pyridine rings is 2. The molecule has 3 aromatic heterocycles. The number of ether oxygens (including phenoxy) is 1. The quantitative estimate of drug-likeness (QED) is 0.663. The molecule has 0 spiro atoms. The average Bonchev–Trinajstić information content (AvgIpc) is 3.11. The summed E-state index contributed by atoms with van der Waals surface area (Å²) >= 11 is 0. The highest BCUT2D eigenvalue weighted by atomic mass is 16.5. The van der Waals surface area contributed by atoms with Crippen molar-refractivity contribution in [3.05, 3.63) is 41.3 Å². The minimum atomic E-state index is -0.248. The summed E-state index contributed by atoms with van der Waals surface area (Å²) in [6.45, 7) is 15.4. The van der Waals surface area contributed by atoms with Crippen molar-refractivity contribution in [1.82, 2.24) is 19.7 Å². The van der Waals surface area contributed by atoms with Gasteiger partial charge in [-0.25, -0.2) is 14.6 Å². The van der Waals surface area contributed by atoms with Crippen LogP contribution in [0.15, 0.2) is 24.4 Å². The molecule has 32 heavy (non-hydrogen) atoms. The zero-order valence-corrected chi connectivity index (χ0v) is 19.8. The lowest BCUT2D eigenvalue weighted by Crippen LogP contribution is -2.36. The lowest BCUT2D eigenvalue weighted by molar-refractivity contribution is 0.102. The van der Waals surface area contributed by atoms with E-state index < -0.39 is 0 Å². The van der Waals surface area contributed by atoms with Crippen LogP contribution in [0.5, 0.6) is 0 Å². The SMILES string of the molecule is Cc1nn(C(C)(C)C)c2nc(C(C)C)cc(C(=O)Nc3ccc(N4CCOCC4)nc3)c12. The lowest BCUT2D eigenvalue weighted by atomic mass is 10.0. The van der Waals surface area contributed by atoms with Crippen LogP contribution in [0, 0.1) is 6.92 Å². The summed E-state index contributed by atoms with van der Waals surface area (Å²) in [7, 11) is 0. The van der Waals surface area contributed by atoms with Crippen LogP contribution >= 0.6 is 0 Å². The molecule has 0 bridgehead atoms. The number of aryl methyl sites for hydroxylation is 1. The molecule has 0 aromatic carbocycles. The summed E-state index contributed by atoms with van der Waals surface area (Å²) in [5.41, 5.74) is 3.40. The highest BCUT2D eigenvalue weighted by Crippen LogP contribution is 2.29. The molecule has 1 amide bonds. The van der Waals surface area contributed by atoms with Crippen LogP contribution in [0.2, 0.25) is 0 Å². The van der Waals surface area contributed by atoms with Crippen LogP contribution in [-0.2, 0) is 10.3 Å². The molecule has 1 aliphatic rings. The van der Waals surface area contributed by atoms with Crippen molar-refractivity contribution in [2.75, 3.05) is 36.5 Å². The number of hydrogen-bond acceptors (Lipinski definition) is 6. The Balaban J connectivity index is 1.68. The topological polar surface area (TPSA) is 85.2 Å². The molecule has 0 saturated carbocycles. The van der Waals surface area contributed by atoms with E-state index in [-0.39, 0.29) is 17.4 Å². The Morgan fingerprint density at radius 1 is 1.19 bits per heavy atom. The first kappa shape index (κ1) is 22.2. The van der Waals surface area contributed by atoms with Crippen LogP contribution in [0.3, 0.4) is 0 Å². The second kappa shape index (κ2) is 8.50. The van der Waals surface area contributed by atoms with E-state index in [9.17, 15) is 4.79 Å². The van der Waals surface area contributed by atoms with E-state index >= 15 is 0 Å². The molecule has 4 rings (SSSR count). The van der Waals surface area contributed by atoms with Crippen molar-refractivity contribution in [2.45, 2.75) is 53.0 Å². The van der Waals surface area contributed by atoms with Crippen molar-refractivity contribution in [2.24, 2.45) is 0 Å². The van der Waals surface area contributed by atoms with Gasteiger partial charge in [-0.15, -0.1) is 0 Å². The average molecular weight is 437 g/mol. The van der Waals surface area contributed by atoms with Gasteiger partial charge in [0.05, 0.1) is 47.3 Å². The summed E-state index contributed by atoms with van der Waals surface area (Å²) in [5.74, 6) is 0.892. The standard InChI is InChI=1S/C24H32N6O2/c1-15(2)19-13-18(21-16(3)28-30(22(21)27-19)24(4,5)6)23(31)26-17-7-8-20(25-14-17)29-9-11-32-12-10-29/h7-8,13-15H,9-12H2,1-6H3,(H,26,31). The summed E-state index contributed by atoms with van der Waals surface area (Å²) in [6.07, 6.45) is 1.70. The molecule has 8 nitrogen and oxygen atoms in total. The highest BCUT2D eigenvalue weighted by Gasteiger charge is 2.25. The van der Waals surface area contributed by atoms with Gasteiger partial charge in [-0.2, -0.15) is 5.10 Å². The molecule has 0 radical (unpaired) electrons. The molecule has 0 aliphatic carbocycles. The van der Waals surface area contributed by atoms with Crippen LogP contribution in [0.1, 0.15) is 62.3 Å². The van der Waals surface area contributed by atoms with Crippen LogP contribution in [0.25, 0.3) is 11.0 Å². The summed E-state index contributed by atoms with van der Waals surface area (Å²) in [4.78, 5) is 25.0. The normalized spacial score (nSPS) is 14.9. The van der Waals surface area contributed by atoms with Gasteiger partial charge in [0.15, 0.2) is 5.65 Å². The molecular formula is C24H32N6O2. The van der Waals surface area contributed by atoms with Crippen molar-refractivity contribution in [3.8, 4) is 0 Å². The van der Waals surface area contributed by atoms with E-state index in [1.165, 1.54) is 0 Å². The number of anilines is 2. The van der Waals surface area contributed by atoms with Crippen LogP contribution < -0.4 is 10.2 Å². The van der Waals surface area contributed by atoms with Gasteiger partial charge in [-0.05, 0) is 51.8 Å². The Labute approximate surface area is 189 Å². The Morgan fingerprint density at radius 3 is 2.50 bits per heavy atom. The Morgan fingerprint density at radius 2 is 1.91 bits per heavy atom. The number of carbonyl (C=O) groups is 1. The van der Waals surface area contributed by atoms with Gasteiger partial charge in [-0.1, -0.05) is 13.8 Å². The van der Waals surface area contributed by atoms with Crippen LogP contribution in [-0.4, -0.2) is 52.0 Å². The molecule has 8 heteroatoms. The number of fused-ring (bicyclic) bond motifs is 1. The largest absolute Gasteiger partial charge is 0.378 e. The number of aromatic nitrogens is 4. The van der Waals surface area contributed by atoms with Gasteiger partial charge in [0.25, 0.3) is 5.91 Å². The van der Waals surface area contributed by atoms with E-state index in [1.54, 1.807) is 6.20 Å². The molecule has 0 unspecified atom stereocenters.